The zero-order valence-corrected chi connectivity index (χ0v) is 22.4. The molecular weight excluding hydrogens is 532 g/mol. The zero-order chi connectivity index (χ0) is 27.9. The number of aromatic amines is 1. The number of benzene rings is 3. The standard InChI is InChI=1S/C30H29ClN4O5/c31-22-11-12-24-26(17-22)32-18-25(28(24)36)27(21-9-5-2-6-10-21)34-29(37)33-23-13-15-35(16-14-23)40-30(38)39-19-20-7-3-1-4-8-20/h1-12,17-18,23,27H,13-16,19H2,(H,32,36)(H2,33,34,37). The Labute approximate surface area is 236 Å². The molecule has 1 fully saturated rings. The summed E-state index contributed by atoms with van der Waals surface area (Å²) in [6.07, 6.45) is 2.01. The molecule has 5 rings (SSSR count). The molecule has 40 heavy (non-hydrogen) atoms. The first-order valence-electron chi connectivity index (χ1n) is 13.0. The molecule has 1 atom stereocenters. The molecule has 9 nitrogen and oxygen atoms in total. The van der Waals surface area contributed by atoms with Crippen LogP contribution in [-0.2, 0) is 16.2 Å². The lowest BCUT2D eigenvalue weighted by atomic mass is 9.98. The summed E-state index contributed by atoms with van der Waals surface area (Å²) in [5.41, 5.74) is 2.49. The molecule has 10 heteroatoms. The van der Waals surface area contributed by atoms with Gasteiger partial charge in [-0.15, -0.1) is 5.06 Å². The largest absolute Gasteiger partial charge is 0.528 e. The normalized spacial score (nSPS) is 14.8. The highest BCUT2D eigenvalue weighted by molar-refractivity contribution is 6.31. The van der Waals surface area contributed by atoms with E-state index in [-0.39, 0.29) is 18.1 Å². The number of carbonyl (C=O) groups is 2. The zero-order valence-electron chi connectivity index (χ0n) is 21.6. The minimum Gasteiger partial charge on any atom is -0.428 e. The number of amides is 2. The third-order valence-corrected chi connectivity index (χ3v) is 7.02. The first kappa shape index (κ1) is 27.2. The minimum atomic E-state index is -0.762. The number of hydrogen-bond donors (Lipinski definition) is 3. The van der Waals surface area contributed by atoms with Crippen LogP contribution in [0.3, 0.4) is 0 Å². The van der Waals surface area contributed by atoms with E-state index in [0.29, 0.717) is 47.4 Å². The molecule has 2 amide bonds. The predicted octanol–water partition coefficient (Wildman–Crippen LogP) is 5.30. The maximum absolute atomic E-state index is 13.4. The Morgan fingerprint density at radius 1 is 1.00 bits per heavy atom. The number of carbonyl (C=O) groups excluding carboxylic acids is 2. The van der Waals surface area contributed by atoms with E-state index in [2.05, 4.69) is 15.6 Å². The summed E-state index contributed by atoms with van der Waals surface area (Å²) in [5, 5.41) is 8.52. The molecule has 0 radical (unpaired) electrons. The predicted molar refractivity (Wildman–Crippen MR) is 152 cm³/mol. The summed E-state index contributed by atoms with van der Waals surface area (Å²) in [5.74, 6) is 0. The SMILES string of the molecule is O=C(NC1CCN(OC(=O)OCc2ccccc2)CC1)NC(c1ccccc1)c1c[nH]c2cc(Cl)ccc2c1=O. The van der Waals surface area contributed by atoms with Crippen molar-refractivity contribution in [2.24, 2.45) is 0 Å². The Morgan fingerprint density at radius 2 is 1.70 bits per heavy atom. The molecule has 1 aliphatic rings. The first-order valence-corrected chi connectivity index (χ1v) is 13.4. The molecule has 0 saturated carbocycles. The molecule has 0 spiro atoms. The van der Waals surface area contributed by atoms with E-state index >= 15 is 0 Å². The van der Waals surface area contributed by atoms with Gasteiger partial charge in [-0.3, -0.25) is 4.79 Å². The number of nitrogens with one attached hydrogen (secondary N) is 3. The van der Waals surface area contributed by atoms with Crippen LogP contribution in [0.15, 0.2) is 89.9 Å². The number of aromatic nitrogens is 1. The molecule has 2 heterocycles. The second-order valence-electron chi connectivity index (χ2n) is 9.54. The Bertz CT molecular complexity index is 1520. The molecule has 1 aliphatic heterocycles. The third kappa shape index (κ3) is 6.80. The molecule has 206 valence electrons. The second-order valence-corrected chi connectivity index (χ2v) is 9.98. The number of halogens is 1. The van der Waals surface area contributed by atoms with Gasteiger partial charge in [0.05, 0.1) is 11.6 Å². The molecule has 1 aromatic heterocycles. The summed E-state index contributed by atoms with van der Waals surface area (Å²) in [6.45, 7) is 1.02. The van der Waals surface area contributed by atoms with Gasteiger partial charge >= 0.3 is 12.2 Å². The third-order valence-electron chi connectivity index (χ3n) is 6.78. The lowest BCUT2D eigenvalue weighted by Crippen LogP contribution is -2.49. The molecule has 3 N–H and O–H groups in total. The maximum Gasteiger partial charge on any atom is 0.528 e. The van der Waals surface area contributed by atoms with E-state index in [0.717, 1.165) is 11.1 Å². The molecule has 0 aliphatic carbocycles. The van der Waals surface area contributed by atoms with E-state index < -0.39 is 18.2 Å². The fraction of sp³-hybridized carbons (Fsp3) is 0.233. The highest BCUT2D eigenvalue weighted by atomic mass is 35.5. The Kier molecular flexibility index (Phi) is 8.63. The smallest absolute Gasteiger partial charge is 0.428 e. The van der Waals surface area contributed by atoms with Crippen molar-refractivity contribution in [1.29, 1.82) is 0 Å². The van der Waals surface area contributed by atoms with Crippen LogP contribution in [0.2, 0.25) is 5.02 Å². The van der Waals surface area contributed by atoms with E-state index in [9.17, 15) is 14.4 Å². The number of hydroxylamine groups is 2. The lowest BCUT2D eigenvalue weighted by Gasteiger charge is -2.31. The molecule has 1 saturated heterocycles. The number of piperidine rings is 1. The van der Waals surface area contributed by atoms with E-state index in [1.54, 1.807) is 24.4 Å². The number of urea groups is 1. The fourth-order valence-electron chi connectivity index (χ4n) is 4.71. The summed E-state index contributed by atoms with van der Waals surface area (Å²) in [6, 6.07) is 22.5. The van der Waals surface area contributed by atoms with Gasteiger partial charge in [0.1, 0.15) is 6.61 Å². The van der Waals surface area contributed by atoms with Crippen LogP contribution in [-0.4, -0.2) is 41.4 Å². The number of H-pyrrole nitrogens is 1. The van der Waals surface area contributed by atoms with Gasteiger partial charge in [-0.05, 0) is 42.2 Å². The molecule has 4 aromatic rings. The Balaban J connectivity index is 1.18. The van der Waals surface area contributed by atoms with Gasteiger partial charge in [0.2, 0.25) is 0 Å². The number of fused-ring (bicyclic) bond motifs is 1. The number of pyridine rings is 1. The Morgan fingerprint density at radius 3 is 2.42 bits per heavy atom. The van der Waals surface area contributed by atoms with Gasteiger partial charge in [0.25, 0.3) is 0 Å². The van der Waals surface area contributed by atoms with Crippen LogP contribution in [0.1, 0.15) is 35.6 Å². The summed E-state index contributed by atoms with van der Waals surface area (Å²) in [4.78, 5) is 47.0. The van der Waals surface area contributed by atoms with Crippen LogP contribution in [0.5, 0.6) is 0 Å². The van der Waals surface area contributed by atoms with Crippen molar-refractivity contribution in [3.63, 3.8) is 0 Å². The van der Waals surface area contributed by atoms with Crippen molar-refractivity contribution in [3.8, 4) is 0 Å². The van der Waals surface area contributed by atoms with Gasteiger partial charge < -0.3 is 25.2 Å². The quantitative estimate of drug-likeness (QED) is 0.264. The monoisotopic (exact) mass is 560 g/mol. The molecule has 0 bridgehead atoms. The Hall–Kier alpha value is -4.34. The van der Waals surface area contributed by atoms with Crippen LogP contribution >= 0.6 is 11.6 Å². The average Bonchev–Trinajstić information content (AvgIpc) is 2.97. The lowest BCUT2D eigenvalue weighted by molar-refractivity contribution is -0.141. The van der Waals surface area contributed by atoms with Crippen molar-refractivity contribution in [2.45, 2.75) is 31.5 Å². The number of ether oxygens (including phenoxy) is 1. The van der Waals surface area contributed by atoms with Crippen molar-refractivity contribution in [1.82, 2.24) is 20.7 Å². The average molecular weight is 561 g/mol. The van der Waals surface area contributed by atoms with Gasteiger partial charge in [-0.25, -0.2) is 9.59 Å². The topological polar surface area (TPSA) is 113 Å². The van der Waals surface area contributed by atoms with Crippen molar-refractivity contribution in [2.75, 3.05) is 13.1 Å². The number of hydrogen-bond acceptors (Lipinski definition) is 6. The molecule has 3 aromatic carbocycles. The number of rotatable bonds is 7. The second kappa shape index (κ2) is 12.7. The van der Waals surface area contributed by atoms with Crippen molar-refractivity contribution >= 4 is 34.7 Å². The van der Waals surface area contributed by atoms with E-state index in [4.69, 9.17) is 21.2 Å². The highest BCUT2D eigenvalue weighted by Gasteiger charge is 2.26. The summed E-state index contributed by atoms with van der Waals surface area (Å²) in [7, 11) is 0. The van der Waals surface area contributed by atoms with E-state index in [1.165, 1.54) is 5.06 Å². The highest BCUT2D eigenvalue weighted by Crippen LogP contribution is 2.22. The summed E-state index contributed by atoms with van der Waals surface area (Å²) < 4.78 is 5.18. The molecule has 1 unspecified atom stereocenters. The summed E-state index contributed by atoms with van der Waals surface area (Å²) >= 11 is 6.08. The molecular formula is C30H29ClN4O5. The van der Waals surface area contributed by atoms with Crippen LogP contribution in [0, 0.1) is 0 Å². The van der Waals surface area contributed by atoms with Gasteiger partial charge in [-0.1, -0.05) is 72.3 Å². The van der Waals surface area contributed by atoms with Crippen LogP contribution in [0.4, 0.5) is 9.59 Å². The first-order chi connectivity index (χ1) is 19.5. The van der Waals surface area contributed by atoms with Gasteiger partial charge in [-0.2, -0.15) is 0 Å². The fourth-order valence-corrected chi connectivity index (χ4v) is 4.88. The van der Waals surface area contributed by atoms with Crippen LogP contribution in [0.25, 0.3) is 10.9 Å². The minimum absolute atomic E-state index is 0.131. The van der Waals surface area contributed by atoms with Crippen LogP contribution < -0.4 is 16.1 Å². The number of nitrogens with zero attached hydrogens (tertiary/aromatic N) is 1. The maximum atomic E-state index is 13.4. The van der Waals surface area contributed by atoms with Crippen molar-refractivity contribution in [3.05, 3.63) is 117 Å². The van der Waals surface area contributed by atoms with Gasteiger partial charge in [0.15, 0.2) is 5.43 Å². The van der Waals surface area contributed by atoms with E-state index in [1.807, 2.05) is 60.7 Å². The van der Waals surface area contributed by atoms with Crippen molar-refractivity contribution < 1.29 is 19.2 Å². The van der Waals surface area contributed by atoms with Gasteiger partial charge in [0, 0.05) is 41.3 Å².